The molecule has 1 atom stereocenters. The molecule has 3 nitrogen and oxygen atoms in total. The van der Waals surface area contributed by atoms with Crippen LogP contribution in [0.15, 0.2) is 0 Å². The van der Waals surface area contributed by atoms with Gasteiger partial charge in [-0.1, -0.05) is 17.4 Å². The highest BCUT2D eigenvalue weighted by Gasteiger charge is 2.18. The normalized spacial score (nSPS) is 14.3. The Morgan fingerprint density at radius 3 is 2.11 bits per heavy atom. The van der Waals surface area contributed by atoms with Crippen LogP contribution in [0.2, 0.25) is 0 Å². The first-order valence-electron chi connectivity index (χ1n) is 2.43. The summed E-state index contributed by atoms with van der Waals surface area (Å²) in [6.45, 7) is 1.56. The van der Waals surface area contributed by atoms with Gasteiger partial charge in [-0.2, -0.15) is 8.42 Å². The first-order valence-corrected chi connectivity index (χ1v) is 3.90. The van der Waals surface area contributed by atoms with E-state index >= 15 is 0 Å². The van der Waals surface area contributed by atoms with E-state index in [1.54, 1.807) is 6.92 Å². The minimum Gasteiger partial charge on any atom is -0.196 e. The third kappa shape index (κ3) is 2.49. The van der Waals surface area contributed by atoms with Gasteiger partial charge < -0.3 is 0 Å². The maximum atomic E-state index is 10.1. The fourth-order valence-electron chi connectivity index (χ4n) is 0.405. The first kappa shape index (κ1) is 8.47. The lowest BCUT2D eigenvalue weighted by Crippen LogP contribution is -2.15. The molecule has 0 aromatic carbocycles. The zero-order valence-corrected chi connectivity index (χ0v) is 5.81. The fraction of sp³-hybridized carbons (Fsp3) is 0.600. The molecule has 0 fully saturated rings. The second kappa shape index (κ2) is 2.85. The van der Waals surface area contributed by atoms with E-state index < -0.39 is 15.4 Å². The van der Waals surface area contributed by atoms with Gasteiger partial charge in [-0.25, -0.2) is 0 Å². The number of terminal acetylenes is 1. The molecular weight excluding hydrogens is 140 g/mol. The molecule has 4 heteroatoms. The highest BCUT2D eigenvalue weighted by Crippen LogP contribution is 2.01. The molecule has 0 spiro atoms. The Bertz CT molecular complexity index is 209. The van der Waals surface area contributed by atoms with Crippen LogP contribution in [0.3, 0.4) is 0 Å². The molecule has 51 valence electrons. The largest absolute Gasteiger partial charge is 0.308 e. The number of rotatable bonds is 2. The molecule has 1 unspecified atom stereocenters. The highest BCUT2D eigenvalue weighted by molar-refractivity contribution is 7.86. The van der Waals surface area contributed by atoms with Gasteiger partial charge in [-0.15, -0.1) is 6.42 Å². The molecule has 9 heavy (non-hydrogen) atoms. The van der Waals surface area contributed by atoms with E-state index in [0.29, 0.717) is 0 Å². The van der Waals surface area contributed by atoms with Crippen LogP contribution in [0.5, 0.6) is 0 Å². The lowest BCUT2D eigenvalue weighted by atomic mass is 10.3. The summed E-state index contributed by atoms with van der Waals surface area (Å²) in [6, 6.07) is 0. The summed E-state index contributed by atoms with van der Waals surface area (Å²) >= 11 is 0. The lowest BCUT2D eigenvalue weighted by Gasteiger charge is -1.97. The molecule has 0 aliphatic rings. The van der Waals surface area contributed by atoms with Gasteiger partial charge in [-0.05, 0) is 6.42 Å². The average Bonchev–Trinajstić information content (AvgIpc) is 1.65. The van der Waals surface area contributed by atoms with Gasteiger partial charge in [0.25, 0.3) is 0 Å². The van der Waals surface area contributed by atoms with Gasteiger partial charge in [0.1, 0.15) is 5.25 Å². The van der Waals surface area contributed by atoms with Gasteiger partial charge >= 0.3 is 10.1 Å². The molecule has 0 saturated heterocycles. The summed E-state index contributed by atoms with van der Waals surface area (Å²) in [5.41, 5.74) is 0. The SMILES string of the molecule is C#CC(CC)S([O])(=O)=O. The van der Waals surface area contributed by atoms with Crippen LogP contribution in [0.4, 0.5) is 0 Å². The van der Waals surface area contributed by atoms with E-state index in [4.69, 9.17) is 6.42 Å². The molecule has 0 rings (SSSR count). The molecule has 0 saturated carbocycles. The summed E-state index contributed by atoms with van der Waals surface area (Å²) in [6.07, 6.45) is 4.92. The summed E-state index contributed by atoms with van der Waals surface area (Å²) in [5.74, 6) is 1.89. The molecule has 0 aliphatic carbocycles. The zero-order valence-electron chi connectivity index (χ0n) is 4.99. The van der Waals surface area contributed by atoms with Crippen LogP contribution < -0.4 is 0 Å². The van der Waals surface area contributed by atoms with E-state index in [-0.39, 0.29) is 6.42 Å². The van der Waals surface area contributed by atoms with Crippen molar-refractivity contribution >= 4 is 10.1 Å². The van der Waals surface area contributed by atoms with Crippen molar-refractivity contribution in [2.24, 2.45) is 0 Å². The van der Waals surface area contributed by atoms with Crippen molar-refractivity contribution in [3.8, 4) is 12.3 Å². The summed E-state index contributed by atoms with van der Waals surface area (Å²) in [5, 5.41) is -1.16. The Morgan fingerprint density at radius 2 is 2.11 bits per heavy atom. The smallest absolute Gasteiger partial charge is 0.196 e. The van der Waals surface area contributed by atoms with Crippen LogP contribution in [-0.2, 0) is 14.7 Å². The van der Waals surface area contributed by atoms with Gasteiger partial charge in [-0.3, -0.25) is 0 Å². The van der Waals surface area contributed by atoms with Crippen molar-refractivity contribution in [1.29, 1.82) is 0 Å². The van der Waals surface area contributed by atoms with Gasteiger partial charge in [0.15, 0.2) is 0 Å². The quantitative estimate of drug-likeness (QED) is 0.522. The Balaban J connectivity index is 4.38. The van der Waals surface area contributed by atoms with Crippen LogP contribution in [0, 0.1) is 12.3 Å². The summed E-state index contributed by atoms with van der Waals surface area (Å²) in [4.78, 5) is 0. The second-order valence-corrected chi connectivity index (χ2v) is 3.11. The van der Waals surface area contributed by atoms with Crippen molar-refractivity contribution in [2.75, 3.05) is 0 Å². The average molecular weight is 147 g/mol. The Kier molecular flexibility index (Phi) is 2.68. The first-order chi connectivity index (χ1) is 4.02. The molecule has 1 radical (unpaired) electrons. The minimum absolute atomic E-state index is 0.183. The molecular formula is C5H7O3S. The maximum absolute atomic E-state index is 10.1. The monoisotopic (exact) mass is 147 g/mol. The molecule has 0 aromatic heterocycles. The minimum atomic E-state index is -4.25. The summed E-state index contributed by atoms with van der Waals surface area (Å²) < 4.78 is 30.3. The number of hydrogen-bond acceptors (Lipinski definition) is 2. The Morgan fingerprint density at radius 1 is 1.67 bits per heavy atom. The van der Waals surface area contributed by atoms with Crippen LogP contribution in [0.25, 0.3) is 0 Å². The molecule has 0 heterocycles. The van der Waals surface area contributed by atoms with E-state index in [2.05, 4.69) is 0 Å². The zero-order chi connectivity index (χ0) is 7.49. The van der Waals surface area contributed by atoms with Gasteiger partial charge in [0, 0.05) is 0 Å². The lowest BCUT2D eigenvalue weighted by molar-refractivity contribution is 0.408. The second-order valence-electron chi connectivity index (χ2n) is 1.56. The van der Waals surface area contributed by atoms with E-state index in [1.165, 1.54) is 0 Å². The van der Waals surface area contributed by atoms with Crippen molar-refractivity contribution in [1.82, 2.24) is 0 Å². The number of hydrogen-bond donors (Lipinski definition) is 0. The predicted molar refractivity (Wildman–Crippen MR) is 32.5 cm³/mol. The van der Waals surface area contributed by atoms with Crippen LogP contribution in [-0.4, -0.2) is 13.7 Å². The molecule has 0 aliphatic heterocycles. The van der Waals surface area contributed by atoms with E-state index in [0.717, 1.165) is 0 Å². The molecule has 0 amide bonds. The standard InChI is InChI=1S/C5H7O3S/c1-3-5(4-2)9(6,7)8/h1,5H,4H2,2H3. The fourth-order valence-corrected chi connectivity index (χ4v) is 0.980. The Labute approximate surface area is 54.8 Å². The summed E-state index contributed by atoms with van der Waals surface area (Å²) in [7, 11) is -4.25. The van der Waals surface area contributed by atoms with Crippen molar-refractivity contribution < 1.29 is 13.0 Å². The van der Waals surface area contributed by atoms with E-state index in [1.807, 2.05) is 5.92 Å². The topological polar surface area (TPSA) is 54.0 Å². The molecule has 0 N–H and O–H groups in total. The Hall–Kier alpha value is -0.530. The molecule has 0 aromatic rings. The highest BCUT2D eigenvalue weighted by atomic mass is 32.2. The maximum Gasteiger partial charge on any atom is 0.308 e. The van der Waals surface area contributed by atoms with Crippen molar-refractivity contribution in [3.05, 3.63) is 0 Å². The van der Waals surface area contributed by atoms with Gasteiger partial charge in [0.2, 0.25) is 0 Å². The van der Waals surface area contributed by atoms with Crippen LogP contribution >= 0.6 is 0 Å². The van der Waals surface area contributed by atoms with Gasteiger partial charge in [0.05, 0.1) is 0 Å². The third-order valence-electron chi connectivity index (χ3n) is 0.905. The third-order valence-corrected chi connectivity index (χ3v) is 2.07. The van der Waals surface area contributed by atoms with E-state index in [9.17, 15) is 13.0 Å². The van der Waals surface area contributed by atoms with Crippen LogP contribution in [0.1, 0.15) is 13.3 Å². The predicted octanol–water partition coefficient (Wildman–Crippen LogP) is 0.159. The van der Waals surface area contributed by atoms with Crippen molar-refractivity contribution in [2.45, 2.75) is 18.6 Å². The molecule has 0 bridgehead atoms. The van der Waals surface area contributed by atoms with Crippen molar-refractivity contribution in [3.63, 3.8) is 0 Å².